The van der Waals surface area contributed by atoms with Gasteiger partial charge in [-0.3, -0.25) is 9.98 Å². The Labute approximate surface area is 187 Å². The van der Waals surface area contributed by atoms with Crippen LogP contribution < -0.4 is 9.47 Å². The van der Waals surface area contributed by atoms with Crippen molar-refractivity contribution >= 4 is 23.8 Å². The summed E-state index contributed by atoms with van der Waals surface area (Å²) in [5.74, 6) is 1.68. The Hall–Kier alpha value is -3.48. The predicted molar refractivity (Wildman–Crippen MR) is 124 cm³/mol. The van der Waals surface area contributed by atoms with Crippen molar-refractivity contribution < 1.29 is 18.9 Å². The third kappa shape index (κ3) is 6.26. The number of benzene rings is 3. The molecule has 0 N–H and O–H groups in total. The van der Waals surface area contributed by atoms with E-state index < -0.39 is 0 Å². The lowest BCUT2D eigenvalue weighted by atomic mass is 10.2. The van der Waals surface area contributed by atoms with Crippen molar-refractivity contribution in [2.24, 2.45) is 9.98 Å². The van der Waals surface area contributed by atoms with Crippen LogP contribution >= 0.6 is 0 Å². The van der Waals surface area contributed by atoms with Crippen molar-refractivity contribution in [2.45, 2.75) is 12.2 Å². The molecule has 6 heteroatoms. The first-order chi connectivity index (χ1) is 15.8. The SMILES string of the molecule is C(=Nc1ccc(N=Cc2ccc(OCC3CO3)cc2)cc1)c1ccc(OCC2CO2)cc1. The van der Waals surface area contributed by atoms with Crippen LogP contribution in [0.4, 0.5) is 11.4 Å². The normalized spacial score (nSPS) is 19.4. The fraction of sp³-hybridized carbons (Fsp3) is 0.231. The summed E-state index contributed by atoms with van der Waals surface area (Å²) in [7, 11) is 0. The molecule has 0 radical (unpaired) electrons. The number of epoxide rings is 2. The minimum atomic E-state index is 0.260. The zero-order valence-corrected chi connectivity index (χ0v) is 17.6. The van der Waals surface area contributed by atoms with E-state index in [1.807, 2.05) is 85.2 Å². The van der Waals surface area contributed by atoms with E-state index in [0.29, 0.717) is 13.2 Å². The van der Waals surface area contributed by atoms with E-state index in [-0.39, 0.29) is 12.2 Å². The topological polar surface area (TPSA) is 68.2 Å². The second-order valence-corrected chi connectivity index (χ2v) is 7.70. The van der Waals surface area contributed by atoms with Crippen molar-refractivity contribution in [2.75, 3.05) is 26.4 Å². The Balaban J connectivity index is 1.12. The standard InChI is InChI=1S/C26H24N2O4/c1-9-23(29-15-25-17-31-25)10-2-19(1)13-27-21-5-7-22(8-6-21)28-14-20-3-11-24(12-4-20)30-16-26-18-32-26/h1-14,25-26H,15-18H2. The first-order valence-corrected chi connectivity index (χ1v) is 10.7. The quantitative estimate of drug-likeness (QED) is 0.345. The molecule has 3 aromatic carbocycles. The van der Waals surface area contributed by atoms with E-state index in [4.69, 9.17) is 18.9 Å². The molecule has 2 saturated heterocycles. The number of ether oxygens (including phenoxy) is 4. The maximum Gasteiger partial charge on any atom is 0.119 e. The van der Waals surface area contributed by atoms with Crippen molar-refractivity contribution in [3.8, 4) is 11.5 Å². The molecule has 32 heavy (non-hydrogen) atoms. The van der Waals surface area contributed by atoms with Gasteiger partial charge in [-0.15, -0.1) is 0 Å². The highest BCUT2D eigenvalue weighted by molar-refractivity contribution is 5.83. The average Bonchev–Trinajstić information content (AvgIpc) is 3.76. The molecule has 0 aliphatic carbocycles. The molecule has 2 aliphatic rings. The van der Waals surface area contributed by atoms with Gasteiger partial charge in [0.1, 0.15) is 36.9 Å². The van der Waals surface area contributed by atoms with E-state index in [1.165, 1.54) is 0 Å². The minimum Gasteiger partial charge on any atom is -0.491 e. The van der Waals surface area contributed by atoms with Crippen LogP contribution in [0.25, 0.3) is 0 Å². The van der Waals surface area contributed by atoms with Crippen LogP contribution in [-0.2, 0) is 9.47 Å². The van der Waals surface area contributed by atoms with Crippen LogP contribution in [0.1, 0.15) is 11.1 Å². The van der Waals surface area contributed by atoms with Gasteiger partial charge in [-0.2, -0.15) is 0 Å². The average molecular weight is 428 g/mol. The van der Waals surface area contributed by atoms with Crippen LogP contribution in [0, 0.1) is 0 Å². The molecule has 0 amide bonds. The summed E-state index contributed by atoms with van der Waals surface area (Å²) >= 11 is 0. The zero-order chi connectivity index (χ0) is 21.6. The highest BCUT2D eigenvalue weighted by Gasteiger charge is 2.23. The highest BCUT2D eigenvalue weighted by atomic mass is 16.6. The van der Waals surface area contributed by atoms with Gasteiger partial charge in [0.25, 0.3) is 0 Å². The molecular weight excluding hydrogens is 404 g/mol. The molecule has 2 atom stereocenters. The van der Waals surface area contributed by atoms with Crippen molar-refractivity contribution in [1.29, 1.82) is 0 Å². The third-order valence-electron chi connectivity index (χ3n) is 5.01. The van der Waals surface area contributed by atoms with Crippen molar-refractivity contribution in [1.82, 2.24) is 0 Å². The van der Waals surface area contributed by atoms with Gasteiger partial charge < -0.3 is 18.9 Å². The Morgan fingerprint density at radius 3 is 1.34 bits per heavy atom. The highest BCUT2D eigenvalue weighted by Crippen LogP contribution is 2.20. The van der Waals surface area contributed by atoms with E-state index >= 15 is 0 Å². The number of hydrogen-bond donors (Lipinski definition) is 0. The maximum absolute atomic E-state index is 5.65. The number of nitrogens with zero attached hydrogens (tertiary/aromatic N) is 2. The molecule has 2 aliphatic heterocycles. The summed E-state index contributed by atoms with van der Waals surface area (Å²) in [5.41, 5.74) is 3.77. The maximum atomic E-state index is 5.65. The summed E-state index contributed by atoms with van der Waals surface area (Å²) in [6.07, 6.45) is 4.20. The Morgan fingerprint density at radius 2 is 1.00 bits per heavy atom. The lowest BCUT2D eigenvalue weighted by Gasteiger charge is -2.04. The molecule has 3 aromatic rings. The van der Waals surface area contributed by atoms with Gasteiger partial charge in [0, 0.05) is 12.4 Å². The van der Waals surface area contributed by atoms with Gasteiger partial charge in [-0.25, -0.2) is 0 Å². The molecule has 2 unspecified atom stereocenters. The molecule has 2 fully saturated rings. The number of aliphatic imine (C=N–C) groups is 2. The number of rotatable bonds is 10. The van der Waals surface area contributed by atoms with Crippen LogP contribution in [0.3, 0.4) is 0 Å². The lowest BCUT2D eigenvalue weighted by molar-refractivity contribution is 0.263. The molecule has 162 valence electrons. The van der Waals surface area contributed by atoms with Crippen LogP contribution in [-0.4, -0.2) is 51.1 Å². The van der Waals surface area contributed by atoms with E-state index in [9.17, 15) is 0 Å². The smallest absolute Gasteiger partial charge is 0.119 e. The molecule has 2 heterocycles. The van der Waals surface area contributed by atoms with Gasteiger partial charge in [-0.1, -0.05) is 0 Å². The fourth-order valence-corrected chi connectivity index (χ4v) is 2.93. The molecule has 0 aromatic heterocycles. The first kappa shape index (κ1) is 20.4. The van der Waals surface area contributed by atoms with Gasteiger partial charge in [0.2, 0.25) is 0 Å². The second kappa shape index (κ2) is 9.77. The van der Waals surface area contributed by atoms with Gasteiger partial charge in [0.05, 0.1) is 24.6 Å². The Bertz CT molecular complexity index is 980. The van der Waals surface area contributed by atoms with E-state index in [1.54, 1.807) is 0 Å². The summed E-state index contributed by atoms with van der Waals surface area (Å²) in [6, 6.07) is 23.5. The van der Waals surface area contributed by atoms with Crippen LogP contribution in [0.15, 0.2) is 82.8 Å². The molecule has 0 saturated carbocycles. The monoisotopic (exact) mass is 428 g/mol. The van der Waals surface area contributed by atoms with Crippen molar-refractivity contribution in [3.05, 3.63) is 83.9 Å². The summed E-state index contributed by atoms with van der Waals surface area (Å²) in [6.45, 7) is 2.82. The zero-order valence-electron chi connectivity index (χ0n) is 17.6. The first-order valence-electron chi connectivity index (χ1n) is 10.7. The predicted octanol–water partition coefficient (Wildman–Crippen LogP) is 4.74. The summed E-state index contributed by atoms with van der Waals surface area (Å²) < 4.78 is 21.6. The summed E-state index contributed by atoms with van der Waals surface area (Å²) in [4.78, 5) is 9.07. The third-order valence-corrected chi connectivity index (χ3v) is 5.01. The molecule has 6 nitrogen and oxygen atoms in total. The van der Waals surface area contributed by atoms with Crippen molar-refractivity contribution in [3.63, 3.8) is 0 Å². The van der Waals surface area contributed by atoms with Gasteiger partial charge in [-0.05, 0) is 83.9 Å². The molecule has 5 rings (SSSR count). The van der Waals surface area contributed by atoms with E-state index in [0.717, 1.165) is 47.2 Å². The van der Waals surface area contributed by atoms with Gasteiger partial charge in [0.15, 0.2) is 0 Å². The van der Waals surface area contributed by atoms with Crippen LogP contribution in [0.2, 0.25) is 0 Å². The molecule has 0 bridgehead atoms. The largest absolute Gasteiger partial charge is 0.491 e. The molecule has 0 spiro atoms. The molecular formula is C26H24N2O4. The number of hydrogen-bond acceptors (Lipinski definition) is 6. The fourth-order valence-electron chi connectivity index (χ4n) is 2.93. The Morgan fingerprint density at radius 1 is 0.625 bits per heavy atom. The summed E-state index contributed by atoms with van der Waals surface area (Å²) in [5, 5.41) is 0. The van der Waals surface area contributed by atoms with Gasteiger partial charge >= 0.3 is 0 Å². The lowest BCUT2D eigenvalue weighted by Crippen LogP contribution is -2.03. The van der Waals surface area contributed by atoms with Crippen LogP contribution in [0.5, 0.6) is 11.5 Å². The minimum absolute atomic E-state index is 0.260. The Kier molecular flexibility index (Phi) is 6.23. The van der Waals surface area contributed by atoms with E-state index in [2.05, 4.69) is 9.98 Å². The second-order valence-electron chi connectivity index (χ2n) is 7.70.